The molecule has 3 aliphatic rings. The average Bonchev–Trinajstić information content (AvgIpc) is 2.88. The fourth-order valence-electron chi connectivity index (χ4n) is 4.32. The van der Waals surface area contributed by atoms with Gasteiger partial charge < -0.3 is 10.6 Å². The second-order valence-corrected chi connectivity index (χ2v) is 6.39. The maximum Gasteiger partial charge on any atom is 0.00825 e. The van der Waals surface area contributed by atoms with E-state index in [0.29, 0.717) is 6.04 Å². The van der Waals surface area contributed by atoms with Crippen molar-refractivity contribution in [2.24, 2.45) is 23.5 Å². The summed E-state index contributed by atoms with van der Waals surface area (Å²) in [5.41, 5.74) is 6.26. The van der Waals surface area contributed by atoms with Crippen molar-refractivity contribution in [2.45, 2.75) is 51.0 Å². The van der Waals surface area contributed by atoms with E-state index in [-0.39, 0.29) is 12.4 Å². The molecule has 0 aromatic heterocycles. The van der Waals surface area contributed by atoms with Crippen LogP contribution in [0.25, 0.3) is 0 Å². The number of fused-ring (bicyclic) bond motifs is 1. The average molecular weight is 259 g/mol. The quantitative estimate of drug-likeness (QED) is 0.825. The molecule has 3 unspecified atom stereocenters. The molecule has 2 saturated carbocycles. The summed E-state index contributed by atoms with van der Waals surface area (Å²) in [6, 6.07) is 0.507. The van der Waals surface area contributed by atoms with Gasteiger partial charge in [-0.1, -0.05) is 19.3 Å². The van der Waals surface area contributed by atoms with Crippen molar-refractivity contribution in [1.82, 2.24) is 4.90 Å². The Bertz CT molecular complexity index is 240. The van der Waals surface area contributed by atoms with E-state index < -0.39 is 0 Å². The smallest absolute Gasteiger partial charge is 0.00825 e. The molecule has 2 nitrogen and oxygen atoms in total. The highest BCUT2D eigenvalue weighted by molar-refractivity contribution is 5.85. The normalized spacial score (nSPS) is 39.0. The molecule has 0 bridgehead atoms. The SMILES string of the molecule is Cl.NC1CCCC2CN(CC3CCCC3)CC12. The third-order valence-corrected chi connectivity index (χ3v) is 5.22. The molecule has 3 fully saturated rings. The molecule has 1 heterocycles. The van der Waals surface area contributed by atoms with Gasteiger partial charge in [0.2, 0.25) is 0 Å². The van der Waals surface area contributed by atoms with Gasteiger partial charge in [-0.2, -0.15) is 0 Å². The first-order chi connectivity index (χ1) is 7.83. The number of likely N-dealkylation sites (tertiary alicyclic amines) is 1. The van der Waals surface area contributed by atoms with Crippen LogP contribution in [0.5, 0.6) is 0 Å². The van der Waals surface area contributed by atoms with E-state index in [0.717, 1.165) is 17.8 Å². The fraction of sp³-hybridized carbons (Fsp3) is 1.00. The van der Waals surface area contributed by atoms with Crippen LogP contribution in [-0.2, 0) is 0 Å². The minimum atomic E-state index is 0. The van der Waals surface area contributed by atoms with Gasteiger partial charge in [-0.05, 0) is 43.4 Å². The van der Waals surface area contributed by atoms with Gasteiger partial charge in [-0.25, -0.2) is 0 Å². The predicted octanol–water partition coefficient (Wildman–Crippen LogP) is 2.66. The van der Waals surface area contributed by atoms with E-state index in [4.69, 9.17) is 5.73 Å². The van der Waals surface area contributed by atoms with E-state index in [1.54, 1.807) is 0 Å². The molecule has 1 saturated heterocycles. The van der Waals surface area contributed by atoms with Crippen LogP contribution in [0.3, 0.4) is 0 Å². The van der Waals surface area contributed by atoms with Crippen LogP contribution in [0.1, 0.15) is 44.9 Å². The molecule has 3 heteroatoms. The van der Waals surface area contributed by atoms with Crippen molar-refractivity contribution in [3.05, 3.63) is 0 Å². The zero-order valence-corrected chi connectivity index (χ0v) is 11.6. The Labute approximate surface area is 112 Å². The highest BCUT2D eigenvalue weighted by Crippen LogP contribution is 2.36. The Hall–Kier alpha value is 0.210. The van der Waals surface area contributed by atoms with Gasteiger partial charge in [0.05, 0.1) is 0 Å². The largest absolute Gasteiger partial charge is 0.327 e. The van der Waals surface area contributed by atoms with Gasteiger partial charge in [0.15, 0.2) is 0 Å². The zero-order valence-electron chi connectivity index (χ0n) is 10.8. The fourth-order valence-corrected chi connectivity index (χ4v) is 4.32. The first-order valence-corrected chi connectivity index (χ1v) is 7.31. The molecule has 100 valence electrons. The van der Waals surface area contributed by atoms with Crippen molar-refractivity contribution in [3.8, 4) is 0 Å². The van der Waals surface area contributed by atoms with Gasteiger partial charge in [0.25, 0.3) is 0 Å². The number of halogens is 1. The summed E-state index contributed by atoms with van der Waals surface area (Å²) in [7, 11) is 0. The van der Waals surface area contributed by atoms with Crippen LogP contribution >= 0.6 is 12.4 Å². The Balaban J connectivity index is 0.00000108. The standard InChI is InChI=1S/C14H26N2.ClH/c15-14-7-3-6-12-9-16(10-13(12)14)8-11-4-1-2-5-11;/h11-14H,1-10,15H2;1H. The molecule has 3 rings (SSSR count). The highest BCUT2D eigenvalue weighted by Gasteiger charge is 2.39. The predicted molar refractivity (Wildman–Crippen MR) is 74.5 cm³/mol. The van der Waals surface area contributed by atoms with Gasteiger partial charge >= 0.3 is 0 Å². The Morgan fingerprint density at radius 3 is 2.41 bits per heavy atom. The molecule has 17 heavy (non-hydrogen) atoms. The zero-order chi connectivity index (χ0) is 11.0. The first kappa shape index (κ1) is 13.6. The van der Waals surface area contributed by atoms with E-state index in [1.807, 2.05) is 0 Å². The van der Waals surface area contributed by atoms with Crippen molar-refractivity contribution < 1.29 is 0 Å². The summed E-state index contributed by atoms with van der Waals surface area (Å²) in [4.78, 5) is 2.73. The molecule has 0 aromatic carbocycles. The molecule has 0 radical (unpaired) electrons. The minimum absolute atomic E-state index is 0. The lowest BCUT2D eigenvalue weighted by Gasteiger charge is -2.29. The minimum Gasteiger partial charge on any atom is -0.327 e. The third-order valence-electron chi connectivity index (χ3n) is 5.22. The molecule has 0 aromatic rings. The number of nitrogens with zero attached hydrogens (tertiary/aromatic N) is 1. The second-order valence-electron chi connectivity index (χ2n) is 6.39. The van der Waals surface area contributed by atoms with E-state index >= 15 is 0 Å². The maximum atomic E-state index is 6.26. The topological polar surface area (TPSA) is 29.3 Å². The molecule has 1 aliphatic heterocycles. The van der Waals surface area contributed by atoms with Crippen molar-refractivity contribution in [1.29, 1.82) is 0 Å². The van der Waals surface area contributed by atoms with Gasteiger partial charge in [0, 0.05) is 25.7 Å². The number of rotatable bonds is 2. The maximum absolute atomic E-state index is 6.26. The van der Waals surface area contributed by atoms with Crippen molar-refractivity contribution >= 4 is 12.4 Å². The summed E-state index contributed by atoms with van der Waals surface area (Å²) in [6.45, 7) is 4.04. The summed E-state index contributed by atoms with van der Waals surface area (Å²) in [6.07, 6.45) is 10.0. The van der Waals surface area contributed by atoms with Crippen LogP contribution < -0.4 is 5.73 Å². The van der Waals surface area contributed by atoms with Crippen LogP contribution in [-0.4, -0.2) is 30.6 Å². The molecule has 3 atom stereocenters. The van der Waals surface area contributed by atoms with E-state index in [9.17, 15) is 0 Å². The Morgan fingerprint density at radius 2 is 1.71 bits per heavy atom. The molecule has 0 amide bonds. The van der Waals surface area contributed by atoms with Crippen LogP contribution in [0.15, 0.2) is 0 Å². The molecular formula is C14H27ClN2. The van der Waals surface area contributed by atoms with Crippen molar-refractivity contribution in [2.75, 3.05) is 19.6 Å². The summed E-state index contributed by atoms with van der Waals surface area (Å²) in [5.74, 6) is 2.77. The molecule has 2 N–H and O–H groups in total. The van der Waals surface area contributed by atoms with Gasteiger partial charge in [-0.3, -0.25) is 0 Å². The lowest BCUT2D eigenvalue weighted by molar-refractivity contribution is 0.256. The lowest BCUT2D eigenvalue weighted by atomic mass is 9.78. The van der Waals surface area contributed by atoms with Gasteiger partial charge in [0.1, 0.15) is 0 Å². The van der Waals surface area contributed by atoms with Crippen LogP contribution in [0.4, 0.5) is 0 Å². The van der Waals surface area contributed by atoms with E-state index in [2.05, 4.69) is 4.90 Å². The molecule has 0 spiro atoms. The first-order valence-electron chi connectivity index (χ1n) is 7.31. The number of hydrogen-bond acceptors (Lipinski definition) is 2. The Morgan fingerprint density at radius 1 is 0.941 bits per heavy atom. The summed E-state index contributed by atoms with van der Waals surface area (Å²) >= 11 is 0. The van der Waals surface area contributed by atoms with Crippen LogP contribution in [0, 0.1) is 17.8 Å². The summed E-state index contributed by atoms with van der Waals surface area (Å²) in [5, 5.41) is 0. The second kappa shape index (κ2) is 5.90. The summed E-state index contributed by atoms with van der Waals surface area (Å²) < 4.78 is 0. The number of nitrogens with two attached hydrogens (primary N) is 1. The number of hydrogen-bond donors (Lipinski definition) is 1. The highest BCUT2D eigenvalue weighted by atomic mass is 35.5. The van der Waals surface area contributed by atoms with E-state index in [1.165, 1.54) is 64.6 Å². The van der Waals surface area contributed by atoms with Gasteiger partial charge in [-0.15, -0.1) is 12.4 Å². The lowest BCUT2D eigenvalue weighted by Crippen LogP contribution is -2.38. The van der Waals surface area contributed by atoms with Crippen molar-refractivity contribution in [3.63, 3.8) is 0 Å². The molecular weight excluding hydrogens is 232 g/mol. The molecule has 2 aliphatic carbocycles. The monoisotopic (exact) mass is 258 g/mol. The third kappa shape index (κ3) is 2.97. The Kier molecular flexibility index (Phi) is 4.73. The van der Waals surface area contributed by atoms with Crippen LogP contribution in [0.2, 0.25) is 0 Å².